The number of aliphatic hydroxyl groups excluding tert-OH is 1. The molecule has 2 N–H and O–H groups in total. The van der Waals surface area contributed by atoms with E-state index in [0.29, 0.717) is 5.69 Å². The van der Waals surface area contributed by atoms with Crippen molar-refractivity contribution in [3.05, 3.63) is 28.5 Å². The van der Waals surface area contributed by atoms with Crippen LogP contribution in [0.25, 0.3) is 0 Å². The Morgan fingerprint density at radius 3 is 2.72 bits per heavy atom. The second-order valence-electron chi connectivity index (χ2n) is 3.53. The number of hydrogen-bond acceptors (Lipinski definition) is 3. The maximum atomic E-state index is 13.0. The molecule has 1 aromatic rings. The highest BCUT2D eigenvalue weighted by Crippen LogP contribution is 2.19. The fraction of sp³-hybridized carbons (Fsp3) is 0.273. The van der Waals surface area contributed by atoms with Crippen LogP contribution in [0.3, 0.4) is 0 Å². The highest BCUT2D eigenvalue weighted by molar-refractivity contribution is 9.10. The Morgan fingerprint density at radius 1 is 1.50 bits per heavy atom. The van der Waals surface area contributed by atoms with Gasteiger partial charge in [0.25, 0.3) is 0 Å². The molecule has 0 unspecified atom stereocenters. The molecule has 0 saturated carbocycles. The Bertz CT molecular complexity index is 468. The number of aliphatic hydroxyl groups is 1. The van der Waals surface area contributed by atoms with Gasteiger partial charge in [-0.15, -0.1) is 0 Å². The molecule has 18 heavy (non-hydrogen) atoms. The molecule has 0 spiro atoms. The molecule has 0 aliphatic rings. The van der Waals surface area contributed by atoms with Gasteiger partial charge in [0.05, 0.1) is 11.1 Å². The first-order valence-electron chi connectivity index (χ1n) is 5.08. The van der Waals surface area contributed by atoms with Crippen LogP contribution in [0.1, 0.15) is 0 Å². The van der Waals surface area contributed by atoms with Gasteiger partial charge in [-0.05, 0) is 34.1 Å². The maximum absolute atomic E-state index is 13.0. The van der Waals surface area contributed by atoms with E-state index in [1.54, 1.807) is 0 Å². The summed E-state index contributed by atoms with van der Waals surface area (Å²) in [5.41, 5.74) is 0.305. The van der Waals surface area contributed by atoms with Crippen molar-refractivity contribution in [2.75, 3.05) is 25.5 Å². The number of benzene rings is 1. The van der Waals surface area contributed by atoms with Gasteiger partial charge in [-0.3, -0.25) is 9.59 Å². The van der Waals surface area contributed by atoms with Gasteiger partial charge in [0.15, 0.2) is 0 Å². The number of hydrogen-bond donors (Lipinski definition) is 2. The molecule has 0 radical (unpaired) electrons. The van der Waals surface area contributed by atoms with Crippen molar-refractivity contribution in [1.82, 2.24) is 4.90 Å². The van der Waals surface area contributed by atoms with E-state index < -0.39 is 17.6 Å². The van der Waals surface area contributed by atoms with E-state index in [4.69, 9.17) is 5.11 Å². The highest BCUT2D eigenvalue weighted by Gasteiger charge is 2.18. The number of likely N-dealkylation sites (N-methyl/N-ethyl adjacent to an activating group) is 1. The average molecular weight is 319 g/mol. The standard InChI is InChI=1S/C11H12BrFN2O3/c1-15(4-5-16)11(18)10(17)14-7-2-3-9(13)8(12)6-7/h2-3,6,16H,4-5H2,1H3,(H,14,17). The summed E-state index contributed by atoms with van der Waals surface area (Å²) in [6.45, 7) is -0.156. The van der Waals surface area contributed by atoms with Gasteiger partial charge in [-0.25, -0.2) is 4.39 Å². The fourth-order valence-electron chi connectivity index (χ4n) is 1.18. The van der Waals surface area contributed by atoms with Crippen molar-refractivity contribution in [3.8, 4) is 0 Å². The molecule has 0 atom stereocenters. The minimum absolute atomic E-state index is 0.0688. The van der Waals surface area contributed by atoms with Crippen LogP contribution < -0.4 is 5.32 Å². The Balaban J connectivity index is 2.69. The molecule has 1 rings (SSSR count). The number of nitrogens with zero attached hydrogens (tertiary/aromatic N) is 1. The van der Waals surface area contributed by atoms with Crippen LogP contribution >= 0.6 is 15.9 Å². The van der Waals surface area contributed by atoms with Crippen LogP contribution in [-0.4, -0.2) is 42.0 Å². The van der Waals surface area contributed by atoms with Gasteiger partial charge in [0, 0.05) is 19.3 Å². The zero-order valence-electron chi connectivity index (χ0n) is 9.61. The predicted molar refractivity (Wildman–Crippen MR) is 67.5 cm³/mol. The molecule has 0 fully saturated rings. The Labute approximate surface area is 112 Å². The molecule has 0 aliphatic carbocycles. The van der Waals surface area contributed by atoms with E-state index in [2.05, 4.69) is 21.2 Å². The second-order valence-corrected chi connectivity index (χ2v) is 4.39. The summed E-state index contributed by atoms with van der Waals surface area (Å²) in [4.78, 5) is 24.1. The third-order valence-corrected chi connectivity index (χ3v) is 2.76. The topological polar surface area (TPSA) is 69.6 Å². The van der Waals surface area contributed by atoms with Crippen LogP contribution in [0.15, 0.2) is 22.7 Å². The van der Waals surface area contributed by atoms with Crippen molar-refractivity contribution in [3.63, 3.8) is 0 Å². The molecule has 0 heterocycles. The van der Waals surface area contributed by atoms with Crippen molar-refractivity contribution in [1.29, 1.82) is 0 Å². The number of halogens is 2. The molecule has 0 bridgehead atoms. The van der Waals surface area contributed by atoms with E-state index >= 15 is 0 Å². The smallest absolute Gasteiger partial charge is 0.313 e. The quantitative estimate of drug-likeness (QED) is 0.816. The number of rotatable bonds is 3. The normalized spacial score (nSPS) is 10.0. The van der Waals surface area contributed by atoms with Crippen LogP contribution in [0, 0.1) is 5.82 Å². The Kier molecular flexibility index (Phi) is 5.24. The van der Waals surface area contributed by atoms with E-state index in [-0.39, 0.29) is 17.6 Å². The molecule has 0 aromatic heterocycles. The SMILES string of the molecule is CN(CCO)C(=O)C(=O)Nc1ccc(F)c(Br)c1. The molecule has 5 nitrogen and oxygen atoms in total. The summed E-state index contributed by atoms with van der Waals surface area (Å²) in [6, 6.07) is 3.87. The van der Waals surface area contributed by atoms with Gasteiger partial charge in [0.1, 0.15) is 5.82 Å². The van der Waals surface area contributed by atoms with Gasteiger partial charge >= 0.3 is 11.8 Å². The van der Waals surface area contributed by atoms with E-state index in [9.17, 15) is 14.0 Å². The third kappa shape index (κ3) is 3.78. The van der Waals surface area contributed by atoms with Crippen molar-refractivity contribution < 1.29 is 19.1 Å². The monoisotopic (exact) mass is 318 g/mol. The first kappa shape index (κ1) is 14.6. The number of amides is 2. The summed E-state index contributed by atoms with van der Waals surface area (Å²) < 4.78 is 13.2. The molecular weight excluding hydrogens is 307 g/mol. The zero-order valence-corrected chi connectivity index (χ0v) is 11.2. The molecule has 98 valence electrons. The molecular formula is C11H12BrFN2O3. The van der Waals surface area contributed by atoms with E-state index in [1.165, 1.54) is 25.2 Å². The lowest BCUT2D eigenvalue weighted by Gasteiger charge is -2.15. The third-order valence-electron chi connectivity index (χ3n) is 2.15. The average Bonchev–Trinajstić information content (AvgIpc) is 2.33. The highest BCUT2D eigenvalue weighted by atomic mass is 79.9. The van der Waals surface area contributed by atoms with Crippen LogP contribution in [0.2, 0.25) is 0 Å². The minimum atomic E-state index is -0.843. The van der Waals surface area contributed by atoms with Gasteiger partial charge in [-0.1, -0.05) is 0 Å². The van der Waals surface area contributed by atoms with E-state index in [1.807, 2.05) is 0 Å². The summed E-state index contributed by atoms with van der Waals surface area (Å²) in [5.74, 6) is -2.08. The van der Waals surface area contributed by atoms with Crippen molar-refractivity contribution >= 4 is 33.4 Å². The Hall–Kier alpha value is -1.47. The largest absolute Gasteiger partial charge is 0.395 e. The van der Waals surface area contributed by atoms with Gasteiger partial charge in [-0.2, -0.15) is 0 Å². The molecule has 0 saturated heterocycles. The number of anilines is 1. The zero-order chi connectivity index (χ0) is 13.7. The first-order chi connectivity index (χ1) is 8.45. The number of carbonyl (C=O) groups is 2. The predicted octanol–water partition coefficient (Wildman–Crippen LogP) is 0.977. The lowest BCUT2D eigenvalue weighted by molar-refractivity contribution is -0.142. The minimum Gasteiger partial charge on any atom is -0.395 e. The second kappa shape index (κ2) is 6.46. The molecule has 0 aliphatic heterocycles. The lowest BCUT2D eigenvalue weighted by Crippen LogP contribution is -2.38. The maximum Gasteiger partial charge on any atom is 0.313 e. The molecule has 7 heteroatoms. The summed E-state index contributed by atoms with van der Waals surface area (Å²) >= 11 is 2.97. The van der Waals surface area contributed by atoms with Gasteiger partial charge in [0.2, 0.25) is 0 Å². The molecule has 1 aromatic carbocycles. The van der Waals surface area contributed by atoms with Crippen molar-refractivity contribution in [2.45, 2.75) is 0 Å². The van der Waals surface area contributed by atoms with Crippen molar-refractivity contribution in [2.24, 2.45) is 0 Å². The summed E-state index contributed by atoms with van der Waals surface area (Å²) in [5, 5.41) is 11.0. The fourth-order valence-corrected chi connectivity index (χ4v) is 1.56. The Morgan fingerprint density at radius 2 is 2.17 bits per heavy atom. The van der Waals surface area contributed by atoms with Crippen LogP contribution in [0.4, 0.5) is 10.1 Å². The summed E-state index contributed by atoms with van der Waals surface area (Å²) in [6.07, 6.45) is 0. The molecule has 2 amide bonds. The van der Waals surface area contributed by atoms with Crippen LogP contribution in [0.5, 0.6) is 0 Å². The first-order valence-corrected chi connectivity index (χ1v) is 5.87. The number of nitrogens with one attached hydrogen (secondary N) is 1. The van der Waals surface area contributed by atoms with Gasteiger partial charge < -0.3 is 15.3 Å². The number of carbonyl (C=O) groups excluding carboxylic acids is 2. The van der Waals surface area contributed by atoms with Crippen LogP contribution in [-0.2, 0) is 9.59 Å². The summed E-state index contributed by atoms with van der Waals surface area (Å²) in [7, 11) is 1.40. The van der Waals surface area contributed by atoms with E-state index in [0.717, 1.165) is 4.90 Å². The lowest BCUT2D eigenvalue weighted by atomic mass is 10.3.